The SMILES string of the molecule is CC(=O)Oc1ccc(/C=N\NC(=O)CN(c2cc(C)ccc2C)S(C)(=O)=O)cc1. The Bertz CT molecular complexity index is 1030. The second-order valence-corrected chi connectivity index (χ2v) is 8.42. The molecule has 2 aromatic rings. The highest BCUT2D eigenvalue weighted by Gasteiger charge is 2.22. The van der Waals surface area contributed by atoms with Gasteiger partial charge in [0.1, 0.15) is 12.3 Å². The number of hydrazone groups is 1. The van der Waals surface area contributed by atoms with Crippen LogP contribution in [0.25, 0.3) is 0 Å². The number of benzene rings is 2. The number of ether oxygens (including phenoxy) is 1. The molecule has 0 aliphatic carbocycles. The first-order valence-corrected chi connectivity index (χ1v) is 10.6. The van der Waals surface area contributed by atoms with Crippen molar-refractivity contribution in [1.82, 2.24) is 5.43 Å². The van der Waals surface area contributed by atoms with E-state index in [1.807, 2.05) is 13.0 Å². The Hall–Kier alpha value is -3.20. The van der Waals surface area contributed by atoms with Crippen molar-refractivity contribution in [2.45, 2.75) is 20.8 Å². The summed E-state index contributed by atoms with van der Waals surface area (Å²) in [6.07, 6.45) is 2.45. The van der Waals surface area contributed by atoms with Crippen LogP contribution in [0.2, 0.25) is 0 Å². The lowest BCUT2D eigenvalue weighted by molar-refractivity contribution is -0.131. The Labute approximate surface area is 170 Å². The summed E-state index contributed by atoms with van der Waals surface area (Å²) in [6, 6.07) is 11.9. The van der Waals surface area contributed by atoms with E-state index in [4.69, 9.17) is 4.74 Å². The topological polar surface area (TPSA) is 105 Å². The molecule has 29 heavy (non-hydrogen) atoms. The zero-order chi connectivity index (χ0) is 21.6. The van der Waals surface area contributed by atoms with E-state index in [0.29, 0.717) is 17.0 Å². The third kappa shape index (κ3) is 6.72. The maximum Gasteiger partial charge on any atom is 0.308 e. The van der Waals surface area contributed by atoms with E-state index in [1.54, 1.807) is 43.3 Å². The first-order chi connectivity index (χ1) is 13.6. The Morgan fingerprint density at radius 1 is 1.14 bits per heavy atom. The summed E-state index contributed by atoms with van der Waals surface area (Å²) in [4.78, 5) is 23.1. The highest BCUT2D eigenvalue weighted by atomic mass is 32.2. The summed E-state index contributed by atoms with van der Waals surface area (Å²) >= 11 is 0. The van der Waals surface area contributed by atoms with Crippen molar-refractivity contribution in [3.8, 4) is 5.75 Å². The van der Waals surface area contributed by atoms with Crippen LogP contribution in [-0.4, -0.2) is 39.3 Å². The summed E-state index contributed by atoms with van der Waals surface area (Å²) in [6.45, 7) is 4.54. The molecule has 2 aromatic carbocycles. The first kappa shape index (κ1) is 22.1. The Balaban J connectivity index is 2.06. The monoisotopic (exact) mass is 417 g/mol. The molecule has 2 rings (SSSR count). The van der Waals surface area contributed by atoms with Crippen LogP contribution in [-0.2, 0) is 19.6 Å². The number of hydrogen-bond acceptors (Lipinski definition) is 6. The van der Waals surface area contributed by atoms with Gasteiger partial charge < -0.3 is 4.74 Å². The molecule has 0 spiro atoms. The summed E-state index contributed by atoms with van der Waals surface area (Å²) in [5.74, 6) is -0.599. The second-order valence-electron chi connectivity index (χ2n) is 6.52. The predicted molar refractivity (Wildman–Crippen MR) is 112 cm³/mol. The molecule has 0 aliphatic heterocycles. The van der Waals surface area contributed by atoms with Crippen molar-refractivity contribution in [3.05, 3.63) is 59.2 Å². The summed E-state index contributed by atoms with van der Waals surface area (Å²) < 4.78 is 30.4. The zero-order valence-electron chi connectivity index (χ0n) is 16.7. The van der Waals surface area contributed by atoms with Crippen LogP contribution >= 0.6 is 0 Å². The number of amides is 1. The molecular weight excluding hydrogens is 394 g/mol. The highest BCUT2D eigenvalue weighted by Crippen LogP contribution is 2.23. The van der Waals surface area contributed by atoms with E-state index >= 15 is 0 Å². The van der Waals surface area contributed by atoms with Crippen molar-refractivity contribution in [1.29, 1.82) is 0 Å². The summed E-state index contributed by atoms with van der Waals surface area (Å²) in [5, 5.41) is 3.85. The highest BCUT2D eigenvalue weighted by molar-refractivity contribution is 7.92. The lowest BCUT2D eigenvalue weighted by Crippen LogP contribution is -2.39. The Kier molecular flexibility index (Phi) is 7.11. The van der Waals surface area contributed by atoms with Crippen LogP contribution in [0.5, 0.6) is 5.75 Å². The fourth-order valence-electron chi connectivity index (χ4n) is 2.50. The van der Waals surface area contributed by atoms with Crippen LogP contribution in [0.15, 0.2) is 47.6 Å². The lowest BCUT2D eigenvalue weighted by Gasteiger charge is -2.23. The molecule has 0 saturated carbocycles. The fraction of sp³-hybridized carbons (Fsp3) is 0.250. The van der Waals surface area contributed by atoms with Gasteiger partial charge in [-0.1, -0.05) is 12.1 Å². The Morgan fingerprint density at radius 2 is 1.79 bits per heavy atom. The number of rotatable bonds is 7. The average molecular weight is 417 g/mol. The maximum absolute atomic E-state index is 12.2. The third-order valence-corrected chi connectivity index (χ3v) is 4.99. The molecule has 0 bridgehead atoms. The molecule has 0 atom stereocenters. The molecule has 0 aliphatic rings. The van der Waals surface area contributed by atoms with Gasteiger partial charge in [0, 0.05) is 6.92 Å². The molecule has 9 heteroatoms. The molecule has 1 N–H and O–H groups in total. The lowest BCUT2D eigenvalue weighted by atomic mass is 10.1. The number of esters is 1. The number of carbonyl (C=O) groups excluding carboxylic acids is 2. The molecular formula is C20H23N3O5S. The number of nitrogens with one attached hydrogen (secondary N) is 1. The molecule has 0 aromatic heterocycles. The largest absolute Gasteiger partial charge is 0.427 e. The summed E-state index contributed by atoms with van der Waals surface area (Å²) in [7, 11) is -3.67. The minimum atomic E-state index is -3.67. The number of aryl methyl sites for hydroxylation is 2. The quantitative estimate of drug-likeness (QED) is 0.322. The molecule has 1 amide bonds. The first-order valence-electron chi connectivity index (χ1n) is 8.71. The normalized spacial score (nSPS) is 11.3. The number of nitrogens with zero attached hydrogens (tertiary/aromatic N) is 2. The van der Waals surface area contributed by atoms with E-state index in [0.717, 1.165) is 21.7 Å². The molecule has 0 heterocycles. The fourth-order valence-corrected chi connectivity index (χ4v) is 3.41. The van der Waals surface area contributed by atoms with Gasteiger partial charge in [-0.2, -0.15) is 5.10 Å². The predicted octanol–water partition coefficient (Wildman–Crippen LogP) is 2.15. The van der Waals surface area contributed by atoms with Gasteiger partial charge in [0.25, 0.3) is 5.91 Å². The molecule has 0 unspecified atom stereocenters. The zero-order valence-corrected chi connectivity index (χ0v) is 17.5. The molecule has 8 nitrogen and oxygen atoms in total. The van der Waals surface area contributed by atoms with Gasteiger partial charge in [-0.3, -0.25) is 13.9 Å². The van der Waals surface area contributed by atoms with Crippen molar-refractivity contribution in [3.63, 3.8) is 0 Å². The number of carbonyl (C=O) groups is 2. The van der Waals surface area contributed by atoms with E-state index < -0.39 is 28.4 Å². The van der Waals surface area contributed by atoms with E-state index in [2.05, 4.69) is 10.5 Å². The second kappa shape index (κ2) is 9.33. The Morgan fingerprint density at radius 3 is 2.38 bits per heavy atom. The van der Waals surface area contributed by atoms with Crippen molar-refractivity contribution < 1.29 is 22.7 Å². The number of hydrogen-bond donors (Lipinski definition) is 1. The smallest absolute Gasteiger partial charge is 0.308 e. The van der Waals surface area contributed by atoms with Crippen molar-refractivity contribution >= 4 is 33.8 Å². The van der Waals surface area contributed by atoms with E-state index in [1.165, 1.54) is 13.1 Å². The van der Waals surface area contributed by atoms with Gasteiger partial charge in [0.2, 0.25) is 10.0 Å². The van der Waals surface area contributed by atoms with Crippen LogP contribution in [0.1, 0.15) is 23.6 Å². The van der Waals surface area contributed by atoms with Gasteiger partial charge >= 0.3 is 5.97 Å². The third-order valence-electron chi connectivity index (χ3n) is 3.87. The van der Waals surface area contributed by atoms with E-state index in [-0.39, 0.29) is 0 Å². The summed E-state index contributed by atoms with van der Waals surface area (Å²) in [5.41, 5.74) is 5.06. The minimum absolute atomic E-state index is 0.397. The minimum Gasteiger partial charge on any atom is -0.427 e. The van der Waals surface area contributed by atoms with Gasteiger partial charge in [-0.05, 0) is 60.9 Å². The molecule has 0 saturated heterocycles. The van der Waals surface area contributed by atoms with Gasteiger partial charge in [0.05, 0.1) is 18.2 Å². The molecule has 0 radical (unpaired) electrons. The van der Waals surface area contributed by atoms with Crippen LogP contribution < -0.4 is 14.5 Å². The van der Waals surface area contributed by atoms with Crippen LogP contribution in [0.3, 0.4) is 0 Å². The number of anilines is 1. The maximum atomic E-state index is 12.2. The standard InChI is InChI=1S/C20H23N3O5S/c1-14-5-6-15(2)19(11-14)23(29(4,26)27)13-20(25)22-21-12-17-7-9-18(10-8-17)28-16(3)24/h5-12H,13H2,1-4H3,(H,22,25)/b21-12-. The van der Waals surface area contributed by atoms with Crippen LogP contribution in [0, 0.1) is 13.8 Å². The van der Waals surface area contributed by atoms with Crippen molar-refractivity contribution in [2.24, 2.45) is 5.10 Å². The van der Waals surface area contributed by atoms with Crippen molar-refractivity contribution in [2.75, 3.05) is 17.1 Å². The number of sulfonamides is 1. The molecule has 154 valence electrons. The molecule has 0 fully saturated rings. The average Bonchev–Trinajstić information content (AvgIpc) is 2.62. The van der Waals surface area contributed by atoms with Gasteiger partial charge in [-0.15, -0.1) is 0 Å². The van der Waals surface area contributed by atoms with E-state index in [9.17, 15) is 18.0 Å². The van der Waals surface area contributed by atoms with Gasteiger partial charge in [0.15, 0.2) is 0 Å². The van der Waals surface area contributed by atoms with Crippen LogP contribution in [0.4, 0.5) is 5.69 Å². The van der Waals surface area contributed by atoms with Gasteiger partial charge in [-0.25, -0.2) is 13.8 Å².